The van der Waals surface area contributed by atoms with E-state index in [1.807, 2.05) is 0 Å². The highest BCUT2D eigenvalue weighted by molar-refractivity contribution is 6.28. The van der Waals surface area contributed by atoms with Crippen LogP contribution >= 0.6 is 0 Å². The minimum absolute atomic E-state index is 0.00583. The molecule has 0 aromatic carbocycles. The van der Waals surface area contributed by atoms with Crippen molar-refractivity contribution in [2.75, 3.05) is 0 Å². The molecular formula is C12H12F6O3. The number of hydrogen-bond acceptors (Lipinski definition) is 3. The van der Waals surface area contributed by atoms with E-state index in [1.54, 1.807) is 0 Å². The second-order valence-electron chi connectivity index (χ2n) is 5.70. The van der Waals surface area contributed by atoms with Gasteiger partial charge in [0.05, 0.1) is 6.10 Å². The molecule has 9 heteroatoms. The van der Waals surface area contributed by atoms with Crippen molar-refractivity contribution in [1.29, 1.82) is 0 Å². The minimum Gasteiger partial charge on any atom is -0.393 e. The van der Waals surface area contributed by atoms with Gasteiger partial charge in [0.25, 0.3) is 0 Å². The van der Waals surface area contributed by atoms with Crippen LogP contribution in [-0.2, 0) is 9.59 Å². The number of Topliss-reactive ketones (excluding diaryl/α,β-unsaturated/α-hetero) is 1. The summed E-state index contributed by atoms with van der Waals surface area (Å²) in [5.74, 6) is -6.45. The van der Waals surface area contributed by atoms with Crippen molar-refractivity contribution in [3.8, 4) is 0 Å². The van der Waals surface area contributed by atoms with E-state index in [4.69, 9.17) is 0 Å². The fraction of sp³-hybridized carbons (Fsp3) is 0.833. The summed E-state index contributed by atoms with van der Waals surface area (Å²) in [4.78, 5) is 21.9. The Labute approximate surface area is 115 Å². The van der Waals surface area contributed by atoms with Crippen LogP contribution in [0.2, 0.25) is 0 Å². The third-order valence-corrected chi connectivity index (χ3v) is 4.72. The van der Waals surface area contributed by atoms with E-state index in [1.165, 1.54) is 0 Å². The van der Waals surface area contributed by atoms with Crippen molar-refractivity contribution >= 4 is 12.1 Å². The first kappa shape index (κ1) is 16.3. The highest BCUT2D eigenvalue weighted by Crippen LogP contribution is 2.64. The van der Waals surface area contributed by atoms with Crippen LogP contribution in [0.15, 0.2) is 0 Å². The number of aliphatic hydroxyl groups is 1. The first-order valence-electron chi connectivity index (χ1n) is 6.28. The minimum atomic E-state index is -5.95. The lowest BCUT2D eigenvalue weighted by molar-refractivity contribution is -0.344. The first-order chi connectivity index (χ1) is 9.46. The maximum absolute atomic E-state index is 13.2. The second kappa shape index (κ2) is 4.69. The normalized spacial score (nSPS) is 33.3. The van der Waals surface area contributed by atoms with E-state index in [0.29, 0.717) is 0 Å². The van der Waals surface area contributed by atoms with Gasteiger partial charge in [0.1, 0.15) is 0 Å². The first-order valence-corrected chi connectivity index (χ1v) is 6.28. The van der Waals surface area contributed by atoms with Crippen LogP contribution in [0.5, 0.6) is 0 Å². The van der Waals surface area contributed by atoms with E-state index >= 15 is 0 Å². The van der Waals surface area contributed by atoms with Crippen molar-refractivity contribution in [2.24, 2.45) is 23.2 Å². The molecule has 0 spiro atoms. The van der Waals surface area contributed by atoms with E-state index < -0.39 is 60.1 Å². The molecule has 0 aromatic heterocycles. The predicted octanol–water partition coefficient (Wildman–Crippen LogP) is 2.27. The van der Waals surface area contributed by atoms with Gasteiger partial charge in [-0.05, 0) is 37.0 Å². The Morgan fingerprint density at radius 3 is 1.86 bits per heavy atom. The Bertz CT molecular complexity index is 441. The van der Waals surface area contributed by atoms with E-state index in [-0.39, 0.29) is 12.8 Å². The molecular weight excluding hydrogens is 306 g/mol. The van der Waals surface area contributed by atoms with E-state index in [2.05, 4.69) is 0 Å². The van der Waals surface area contributed by atoms with Crippen molar-refractivity contribution in [1.82, 2.24) is 0 Å². The van der Waals surface area contributed by atoms with Crippen LogP contribution in [0.1, 0.15) is 19.3 Å². The summed E-state index contributed by atoms with van der Waals surface area (Å²) < 4.78 is 79.4. The monoisotopic (exact) mass is 318 g/mol. The van der Waals surface area contributed by atoms with E-state index in [0.717, 1.165) is 0 Å². The lowest BCUT2D eigenvalue weighted by atomic mass is 9.64. The predicted molar refractivity (Wildman–Crippen MR) is 55.9 cm³/mol. The van der Waals surface area contributed by atoms with Gasteiger partial charge in [-0.1, -0.05) is 0 Å². The zero-order valence-electron chi connectivity index (χ0n) is 10.5. The average molecular weight is 318 g/mol. The number of ketones is 1. The lowest BCUT2D eigenvalue weighted by Crippen LogP contribution is -2.62. The van der Waals surface area contributed by atoms with Gasteiger partial charge in [-0.3, -0.25) is 9.59 Å². The molecule has 0 saturated heterocycles. The van der Waals surface area contributed by atoms with Crippen LogP contribution in [0.3, 0.4) is 0 Å². The summed E-state index contributed by atoms with van der Waals surface area (Å²) in [6, 6.07) is 0. The molecule has 2 fully saturated rings. The third kappa shape index (κ3) is 2.08. The quantitative estimate of drug-likeness (QED) is 0.493. The number of hydrogen-bond donors (Lipinski definition) is 1. The maximum Gasteiger partial charge on any atom is 0.410 e. The standard InChI is InChI=1S/C12H12F6O3/c13-11(14,15)10(9(21)4-19,12(16,17)18)7-2-5-1-6(7)8(20)3-5/h4-8,20H,1-3H2. The molecule has 0 aromatic rings. The molecule has 21 heavy (non-hydrogen) atoms. The molecule has 2 rings (SSSR count). The Hall–Kier alpha value is -1.12. The molecule has 3 nitrogen and oxygen atoms in total. The second-order valence-corrected chi connectivity index (χ2v) is 5.70. The molecule has 0 radical (unpaired) electrons. The number of fused-ring (bicyclic) bond motifs is 2. The largest absolute Gasteiger partial charge is 0.410 e. The fourth-order valence-electron chi connectivity index (χ4n) is 3.95. The third-order valence-electron chi connectivity index (χ3n) is 4.72. The van der Waals surface area contributed by atoms with Gasteiger partial charge in [0.15, 0.2) is 6.29 Å². The van der Waals surface area contributed by atoms with Crippen LogP contribution in [0.25, 0.3) is 0 Å². The topological polar surface area (TPSA) is 54.4 Å². The summed E-state index contributed by atoms with van der Waals surface area (Å²) in [7, 11) is 0. The summed E-state index contributed by atoms with van der Waals surface area (Å²) in [5, 5.41) is 9.60. The molecule has 4 unspecified atom stereocenters. The molecule has 2 saturated carbocycles. The number of alkyl halides is 6. The maximum atomic E-state index is 13.2. The number of aliphatic hydroxyl groups excluding tert-OH is 1. The molecule has 2 bridgehead atoms. The number of halogens is 6. The summed E-state index contributed by atoms with van der Waals surface area (Å²) in [6.07, 6.45) is -14.5. The van der Waals surface area contributed by atoms with Crippen molar-refractivity contribution in [2.45, 2.75) is 37.7 Å². The Kier molecular flexibility index (Phi) is 3.63. The number of rotatable bonds is 3. The zero-order chi connectivity index (χ0) is 16.2. The molecule has 0 aliphatic heterocycles. The number of carbonyl (C=O) groups is 2. The SMILES string of the molecule is O=CC(=O)C(C1CC2CC(O)C1C2)(C(F)(F)F)C(F)(F)F. The molecule has 1 N–H and O–H groups in total. The Morgan fingerprint density at radius 1 is 1.00 bits per heavy atom. The van der Waals surface area contributed by atoms with Gasteiger partial charge >= 0.3 is 12.4 Å². The molecule has 4 atom stereocenters. The van der Waals surface area contributed by atoms with Gasteiger partial charge in [-0.15, -0.1) is 0 Å². The molecule has 2 aliphatic rings. The highest BCUT2D eigenvalue weighted by atomic mass is 19.4. The van der Waals surface area contributed by atoms with Crippen molar-refractivity contribution in [3.63, 3.8) is 0 Å². The smallest absolute Gasteiger partial charge is 0.393 e. The fourth-order valence-corrected chi connectivity index (χ4v) is 3.95. The van der Waals surface area contributed by atoms with Crippen LogP contribution in [0.4, 0.5) is 26.3 Å². The van der Waals surface area contributed by atoms with Gasteiger partial charge in [-0.25, -0.2) is 0 Å². The molecule has 0 heterocycles. The number of aldehydes is 1. The van der Waals surface area contributed by atoms with Gasteiger partial charge in [0, 0.05) is 0 Å². The summed E-state index contributed by atoms with van der Waals surface area (Å²) >= 11 is 0. The lowest BCUT2D eigenvalue weighted by Gasteiger charge is -2.43. The Morgan fingerprint density at radius 2 is 1.52 bits per heavy atom. The van der Waals surface area contributed by atoms with Gasteiger partial charge in [-0.2, -0.15) is 26.3 Å². The molecule has 120 valence electrons. The molecule has 2 aliphatic carbocycles. The van der Waals surface area contributed by atoms with Crippen LogP contribution in [-0.4, -0.2) is 35.6 Å². The van der Waals surface area contributed by atoms with Crippen molar-refractivity contribution in [3.05, 3.63) is 0 Å². The number of carbonyl (C=O) groups excluding carboxylic acids is 2. The van der Waals surface area contributed by atoms with Gasteiger partial charge in [0.2, 0.25) is 11.2 Å². The van der Waals surface area contributed by atoms with Crippen LogP contribution < -0.4 is 0 Å². The highest BCUT2D eigenvalue weighted by Gasteiger charge is 2.80. The zero-order valence-corrected chi connectivity index (χ0v) is 10.5. The van der Waals surface area contributed by atoms with Crippen LogP contribution in [0, 0.1) is 23.2 Å². The summed E-state index contributed by atoms with van der Waals surface area (Å²) in [6.45, 7) is 0. The van der Waals surface area contributed by atoms with Crippen molar-refractivity contribution < 1.29 is 41.0 Å². The Balaban J connectivity index is 2.61. The summed E-state index contributed by atoms with van der Waals surface area (Å²) in [5.41, 5.74) is -4.72. The van der Waals surface area contributed by atoms with Gasteiger partial charge < -0.3 is 5.11 Å². The molecule has 0 amide bonds. The van der Waals surface area contributed by atoms with E-state index in [9.17, 15) is 41.0 Å². The average Bonchev–Trinajstić information content (AvgIpc) is 2.84.